The van der Waals surface area contributed by atoms with Crippen molar-refractivity contribution in [3.05, 3.63) is 53.5 Å². The molecule has 4 nitrogen and oxygen atoms in total. The molecule has 0 aliphatic carbocycles. The molecular formula is C21H23N3O. The van der Waals surface area contributed by atoms with Gasteiger partial charge < -0.3 is 9.72 Å². The Bertz CT molecular complexity index is 898. The van der Waals surface area contributed by atoms with Crippen molar-refractivity contribution < 1.29 is 4.74 Å². The molecule has 3 aromatic rings. The predicted molar refractivity (Wildman–Crippen MR) is 99.8 cm³/mol. The number of aromatic nitrogens is 3. The summed E-state index contributed by atoms with van der Waals surface area (Å²) in [4.78, 5) is 13.1. The van der Waals surface area contributed by atoms with Gasteiger partial charge >= 0.3 is 0 Å². The number of aryl methyl sites for hydroxylation is 2. The van der Waals surface area contributed by atoms with Gasteiger partial charge in [-0.25, -0.2) is 4.98 Å². The highest BCUT2D eigenvalue weighted by Crippen LogP contribution is 2.34. The molecule has 25 heavy (non-hydrogen) atoms. The average Bonchev–Trinajstić information content (AvgIpc) is 3.26. The van der Waals surface area contributed by atoms with Gasteiger partial charge in [-0.1, -0.05) is 19.4 Å². The van der Waals surface area contributed by atoms with E-state index in [9.17, 15) is 0 Å². The van der Waals surface area contributed by atoms with E-state index in [0.29, 0.717) is 0 Å². The van der Waals surface area contributed by atoms with Crippen LogP contribution in [0.15, 0.2) is 36.4 Å². The number of H-pyrrole nitrogens is 1. The smallest absolute Gasteiger partial charge is 0.122 e. The lowest BCUT2D eigenvalue weighted by atomic mass is 10.0. The number of ether oxygens (including phenoxy) is 1. The first-order valence-electron chi connectivity index (χ1n) is 9.03. The van der Waals surface area contributed by atoms with E-state index >= 15 is 0 Å². The van der Waals surface area contributed by atoms with Gasteiger partial charge in [-0.05, 0) is 49.2 Å². The molecule has 4 heteroatoms. The highest BCUT2D eigenvalue weighted by atomic mass is 16.5. The summed E-state index contributed by atoms with van der Waals surface area (Å²) in [6.45, 7) is 4.99. The van der Waals surface area contributed by atoms with Gasteiger partial charge in [0.25, 0.3) is 0 Å². The standard InChI is InChI=1S/C21H23N3O/c1-3-4-8-19-23-20(16-9-10-18-15(13-16)11-12-25-18)21(24-19)17-7-5-6-14(2)22-17/h5-7,9-10,13H,3-4,8,11-12H2,1-2H3,(H,23,24). The van der Waals surface area contributed by atoms with Crippen LogP contribution in [-0.4, -0.2) is 21.6 Å². The summed E-state index contributed by atoms with van der Waals surface area (Å²) in [6, 6.07) is 12.5. The third-order valence-corrected chi connectivity index (χ3v) is 4.63. The summed E-state index contributed by atoms with van der Waals surface area (Å²) in [5.41, 5.74) is 6.34. The van der Waals surface area contributed by atoms with Crippen LogP contribution in [0.1, 0.15) is 36.8 Å². The Hall–Kier alpha value is -2.62. The van der Waals surface area contributed by atoms with E-state index in [2.05, 4.69) is 30.1 Å². The van der Waals surface area contributed by atoms with E-state index in [1.807, 2.05) is 25.1 Å². The highest BCUT2D eigenvalue weighted by Gasteiger charge is 2.18. The van der Waals surface area contributed by atoms with Crippen LogP contribution in [0.3, 0.4) is 0 Å². The van der Waals surface area contributed by atoms with Crippen LogP contribution < -0.4 is 4.74 Å². The molecule has 1 aromatic carbocycles. The molecule has 2 aromatic heterocycles. The molecule has 3 heterocycles. The molecule has 128 valence electrons. The molecule has 0 atom stereocenters. The molecule has 0 fully saturated rings. The van der Waals surface area contributed by atoms with Gasteiger partial charge in [0.1, 0.15) is 11.6 Å². The molecule has 0 radical (unpaired) electrons. The average molecular weight is 333 g/mol. The normalized spacial score (nSPS) is 12.9. The second-order valence-corrected chi connectivity index (χ2v) is 6.60. The minimum atomic E-state index is 0.771. The number of benzene rings is 1. The van der Waals surface area contributed by atoms with Gasteiger partial charge in [0.2, 0.25) is 0 Å². The number of aromatic amines is 1. The zero-order valence-electron chi connectivity index (χ0n) is 14.8. The van der Waals surface area contributed by atoms with Crippen LogP contribution in [-0.2, 0) is 12.8 Å². The minimum absolute atomic E-state index is 0.771. The first kappa shape index (κ1) is 15.9. The van der Waals surface area contributed by atoms with E-state index in [4.69, 9.17) is 14.7 Å². The Morgan fingerprint density at radius 2 is 2.08 bits per heavy atom. The van der Waals surface area contributed by atoms with Crippen LogP contribution in [0.25, 0.3) is 22.6 Å². The fourth-order valence-corrected chi connectivity index (χ4v) is 3.30. The molecule has 4 rings (SSSR count). The molecule has 0 saturated heterocycles. The Labute approximate surface area is 148 Å². The first-order valence-corrected chi connectivity index (χ1v) is 9.03. The number of hydrogen-bond donors (Lipinski definition) is 1. The Morgan fingerprint density at radius 3 is 2.92 bits per heavy atom. The maximum Gasteiger partial charge on any atom is 0.122 e. The Morgan fingerprint density at radius 1 is 1.16 bits per heavy atom. The predicted octanol–water partition coefficient (Wildman–Crippen LogP) is 4.72. The molecule has 1 aliphatic rings. The summed E-state index contributed by atoms with van der Waals surface area (Å²) in [7, 11) is 0. The van der Waals surface area contributed by atoms with Crippen LogP contribution in [0, 0.1) is 6.92 Å². The fourth-order valence-electron chi connectivity index (χ4n) is 3.30. The summed E-state index contributed by atoms with van der Waals surface area (Å²) in [5, 5.41) is 0. The SMILES string of the molecule is CCCCc1nc(-c2ccc3c(c2)CCO3)c(-c2cccc(C)n2)[nH]1. The molecule has 0 unspecified atom stereocenters. The fraction of sp³-hybridized carbons (Fsp3) is 0.333. The highest BCUT2D eigenvalue weighted by molar-refractivity contribution is 5.77. The van der Waals surface area contributed by atoms with Crippen LogP contribution in [0.4, 0.5) is 0 Å². The van der Waals surface area contributed by atoms with Gasteiger partial charge in [-0.3, -0.25) is 4.98 Å². The quantitative estimate of drug-likeness (QED) is 0.734. The van der Waals surface area contributed by atoms with Crippen LogP contribution in [0.5, 0.6) is 5.75 Å². The van der Waals surface area contributed by atoms with E-state index in [0.717, 1.165) is 72.2 Å². The van der Waals surface area contributed by atoms with E-state index in [1.54, 1.807) is 0 Å². The van der Waals surface area contributed by atoms with E-state index in [-0.39, 0.29) is 0 Å². The number of nitrogens with one attached hydrogen (secondary N) is 1. The number of imidazole rings is 1. The summed E-state index contributed by atoms with van der Waals surface area (Å²) in [5.74, 6) is 2.03. The lowest BCUT2D eigenvalue weighted by molar-refractivity contribution is 0.357. The number of unbranched alkanes of at least 4 members (excludes halogenated alkanes) is 1. The zero-order chi connectivity index (χ0) is 17.2. The van der Waals surface area contributed by atoms with Crippen molar-refractivity contribution in [3.63, 3.8) is 0 Å². The number of pyridine rings is 1. The maximum atomic E-state index is 5.64. The molecule has 1 aliphatic heterocycles. The summed E-state index contributed by atoms with van der Waals surface area (Å²) in [6.07, 6.45) is 4.22. The van der Waals surface area contributed by atoms with Crippen molar-refractivity contribution in [2.45, 2.75) is 39.5 Å². The second-order valence-electron chi connectivity index (χ2n) is 6.60. The van der Waals surface area contributed by atoms with Crippen molar-refractivity contribution in [2.75, 3.05) is 6.61 Å². The van der Waals surface area contributed by atoms with Gasteiger partial charge in [0, 0.05) is 24.1 Å². The monoisotopic (exact) mass is 333 g/mol. The minimum Gasteiger partial charge on any atom is -0.493 e. The van der Waals surface area contributed by atoms with Crippen LogP contribution >= 0.6 is 0 Å². The number of nitrogens with zero attached hydrogens (tertiary/aromatic N) is 2. The van der Waals surface area contributed by atoms with Gasteiger partial charge in [-0.2, -0.15) is 0 Å². The summed E-state index contributed by atoms with van der Waals surface area (Å²) < 4.78 is 5.64. The van der Waals surface area contributed by atoms with Crippen molar-refractivity contribution in [1.29, 1.82) is 0 Å². The number of rotatable bonds is 5. The van der Waals surface area contributed by atoms with Gasteiger partial charge in [0.05, 0.1) is 23.7 Å². The van der Waals surface area contributed by atoms with Gasteiger partial charge in [0.15, 0.2) is 0 Å². The molecule has 0 saturated carbocycles. The molecule has 0 amide bonds. The van der Waals surface area contributed by atoms with Crippen LogP contribution in [0.2, 0.25) is 0 Å². The number of hydrogen-bond acceptors (Lipinski definition) is 3. The molecule has 1 N–H and O–H groups in total. The first-order chi connectivity index (χ1) is 12.2. The van der Waals surface area contributed by atoms with Crippen molar-refractivity contribution >= 4 is 0 Å². The van der Waals surface area contributed by atoms with E-state index < -0.39 is 0 Å². The van der Waals surface area contributed by atoms with Crippen molar-refractivity contribution in [2.24, 2.45) is 0 Å². The maximum absolute atomic E-state index is 5.64. The topological polar surface area (TPSA) is 50.8 Å². The van der Waals surface area contributed by atoms with Crippen molar-refractivity contribution in [3.8, 4) is 28.4 Å². The van der Waals surface area contributed by atoms with E-state index in [1.165, 1.54) is 5.56 Å². The Balaban J connectivity index is 1.81. The second kappa shape index (κ2) is 6.71. The molecule has 0 bridgehead atoms. The molecular weight excluding hydrogens is 310 g/mol. The zero-order valence-corrected chi connectivity index (χ0v) is 14.8. The third-order valence-electron chi connectivity index (χ3n) is 4.63. The molecule has 0 spiro atoms. The number of fused-ring (bicyclic) bond motifs is 1. The summed E-state index contributed by atoms with van der Waals surface area (Å²) >= 11 is 0. The Kier molecular flexibility index (Phi) is 4.26. The largest absolute Gasteiger partial charge is 0.493 e. The lowest BCUT2D eigenvalue weighted by Gasteiger charge is -2.05. The van der Waals surface area contributed by atoms with Gasteiger partial charge in [-0.15, -0.1) is 0 Å². The van der Waals surface area contributed by atoms with Crippen molar-refractivity contribution in [1.82, 2.24) is 15.0 Å². The lowest BCUT2D eigenvalue weighted by Crippen LogP contribution is -1.90. The third kappa shape index (κ3) is 3.16.